The SMILES string of the molecule is COc1ccc(NC(=O)c2cn(C)nc2C(F)F)cc1S(=O)(=O)Nc1c(C)cccc1C. The van der Waals surface area contributed by atoms with Gasteiger partial charge in [-0.2, -0.15) is 5.10 Å². The van der Waals surface area contributed by atoms with Crippen LogP contribution in [0.3, 0.4) is 0 Å². The van der Waals surface area contributed by atoms with E-state index in [4.69, 9.17) is 4.74 Å². The Labute approximate surface area is 184 Å². The first-order valence-electron chi connectivity index (χ1n) is 9.43. The fraction of sp³-hybridized carbons (Fsp3) is 0.238. The number of alkyl halides is 2. The number of nitrogens with zero attached hydrogens (tertiary/aromatic N) is 2. The molecule has 11 heteroatoms. The molecule has 0 radical (unpaired) electrons. The van der Waals surface area contributed by atoms with E-state index in [-0.39, 0.29) is 21.9 Å². The van der Waals surface area contributed by atoms with Gasteiger partial charge in [0, 0.05) is 18.9 Å². The van der Waals surface area contributed by atoms with Crippen LogP contribution >= 0.6 is 0 Å². The Kier molecular flexibility index (Phi) is 6.49. The molecule has 8 nitrogen and oxygen atoms in total. The van der Waals surface area contributed by atoms with E-state index in [1.54, 1.807) is 26.0 Å². The minimum absolute atomic E-state index is 0.0522. The summed E-state index contributed by atoms with van der Waals surface area (Å²) < 4.78 is 61.4. The quantitative estimate of drug-likeness (QED) is 0.550. The smallest absolute Gasteiger partial charge is 0.282 e. The molecule has 0 aliphatic carbocycles. The number of carbonyl (C=O) groups excluding carboxylic acids is 1. The molecule has 32 heavy (non-hydrogen) atoms. The van der Waals surface area contributed by atoms with Crippen molar-refractivity contribution in [1.82, 2.24) is 9.78 Å². The van der Waals surface area contributed by atoms with Crippen LogP contribution in [0.15, 0.2) is 47.5 Å². The normalized spacial score (nSPS) is 11.5. The van der Waals surface area contributed by atoms with Crippen LogP contribution in [0.25, 0.3) is 0 Å². The van der Waals surface area contributed by atoms with Gasteiger partial charge in [0.2, 0.25) is 0 Å². The number of ether oxygens (including phenoxy) is 1. The second-order valence-electron chi connectivity index (χ2n) is 7.09. The summed E-state index contributed by atoms with van der Waals surface area (Å²) >= 11 is 0. The first-order valence-corrected chi connectivity index (χ1v) is 10.9. The molecule has 0 saturated carbocycles. The van der Waals surface area contributed by atoms with Crippen molar-refractivity contribution in [3.63, 3.8) is 0 Å². The van der Waals surface area contributed by atoms with Crippen LogP contribution in [-0.2, 0) is 17.1 Å². The lowest BCUT2D eigenvalue weighted by atomic mass is 10.1. The summed E-state index contributed by atoms with van der Waals surface area (Å²) in [7, 11) is -1.37. The third kappa shape index (κ3) is 4.72. The van der Waals surface area contributed by atoms with Gasteiger partial charge in [-0.3, -0.25) is 14.2 Å². The Morgan fingerprint density at radius 3 is 2.41 bits per heavy atom. The largest absolute Gasteiger partial charge is 0.495 e. The fourth-order valence-corrected chi connectivity index (χ4v) is 4.57. The number of nitrogens with one attached hydrogen (secondary N) is 2. The number of para-hydroxylation sites is 1. The number of carbonyl (C=O) groups is 1. The molecule has 3 aromatic rings. The van der Waals surface area contributed by atoms with Crippen molar-refractivity contribution in [3.8, 4) is 5.75 Å². The maximum absolute atomic E-state index is 13.2. The van der Waals surface area contributed by atoms with Gasteiger partial charge in [-0.25, -0.2) is 17.2 Å². The molecule has 0 unspecified atom stereocenters. The maximum Gasteiger partial charge on any atom is 0.282 e. The second-order valence-corrected chi connectivity index (χ2v) is 8.75. The maximum atomic E-state index is 13.2. The molecule has 1 aromatic heterocycles. The number of methoxy groups -OCH3 is 1. The lowest BCUT2D eigenvalue weighted by Crippen LogP contribution is -2.17. The highest BCUT2D eigenvalue weighted by molar-refractivity contribution is 7.92. The zero-order valence-corrected chi connectivity index (χ0v) is 18.6. The second kappa shape index (κ2) is 8.95. The lowest BCUT2D eigenvalue weighted by Gasteiger charge is -2.16. The highest BCUT2D eigenvalue weighted by Crippen LogP contribution is 2.31. The van der Waals surface area contributed by atoms with E-state index in [1.807, 2.05) is 6.07 Å². The molecular weight excluding hydrogens is 442 g/mol. The van der Waals surface area contributed by atoms with Crippen LogP contribution in [0.5, 0.6) is 5.75 Å². The molecule has 0 aliphatic heterocycles. The Bertz CT molecular complexity index is 1250. The molecule has 0 aliphatic rings. The van der Waals surface area contributed by atoms with E-state index in [0.717, 1.165) is 15.8 Å². The molecular formula is C21H22F2N4O4S. The summed E-state index contributed by atoms with van der Waals surface area (Å²) in [6.07, 6.45) is -1.77. The predicted molar refractivity (Wildman–Crippen MR) is 116 cm³/mol. The van der Waals surface area contributed by atoms with Gasteiger partial charge in [0.05, 0.1) is 18.4 Å². The van der Waals surface area contributed by atoms with E-state index < -0.39 is 28.0 Å². The molecule has 0 atom stereocenters. The Morgan fingerprint density at radius 1 is 1.16 bits per heavy atom. The number of anilines is 2. The summed E-state index contributed by atoms with van der Waals surface area (Å²) in [5.74, 6) is -0.791. The van der Waals surface area contributed by atoms with Crippen LogP contribution in [0, 0.1) is 13.8 Å². The standard InChI is InChI=1S/C21H22F2N4O4S/c1-12-6-5-7-13(2)18(12)26-32(29,30)17-10-14(8-9-16(17)31-4)24-21(28)15-11-27(3)25-19(15)20(22)23/h5-11,20,26H,1-4H3,(H,24,28). The highest BCUT2D eigenvalue weighted by Gasteiger charge is 2.25. The molecule has 2 N–H and O–H groups in total. The summed E-state index contributed by atoms with van der Waals surface area (Å²) in [4.78, 5) is 12.3. The summed E-state index contributed by atoms with van der Waals surface area (Å²) in [5, 5.41) is 6.04. The van der Waals surface area contributed by atoms with Crippen LogP contribution in [-0.4, -0.2) is 31.2 Å². The van der Waals surface area contributed by atoms with E-state index in [1.165, 1.54) is 38.6 Å². The van der Waals surface area contributed by atoms with Gasteiger partial charge in [0.15, 0.2) is 0 Å². The van der Waals surface area contributed by atoms with Crippen LogP contribution in [0.1, 0.15) is 33.6 Å². The first-order chi connectivity index (χ1) is 15.0. The van der Waals surface area contributed by atoms with Crippen LogP contribution in [0.4, 0.5) is 20.2 Å². The molecule has 1 heterocycles. The van der Waals surface area contributed by atoms with Crippen molar-refractivity contribution >= 4 is 27.3 Å². The van der Waals surface area contributed by atoms with Crippen molar-refractivity contribution in [2.24, 2.45) is 7.05 Å². The molecule has 2 aromatic carbocycles. The molecule has 3 rings (SSSR count). The van der Waals surface area contributed by atoms with E-state index in [0.29, 0.717) is 5.69 Å². The number of rotatable bonds is 7. The van der Waals surface area contributed by atoms with E-state index in [2.05, 4.69) is 15.1 Å². The Morgan fingerprint density at radius 2 is 1.81 bits per heavy atom. The van der Waals surface area contributed by atoms with E-state index >= 15 is 0 Å². The molecule has 0 spiro atoms. The minimum Gasteiger partial charge on any atom is -0.495 e. The van der Waals surface area contributed by atoms with Gasteiger partial charge < -0.3 is 10.1 Å². The lowest BCUT2D eigenvalue weighted by molar-refractivity contribution is 0.101. The zero-order valence-electron chi connectivity index (χ0n) is 17.8. The van der Waals surface area contributed by atoms with Gasteiger partial charge in [0.25, 0.3) is 22.4 Å². The number of aryl methyl sites for hydroxylation is 3. The Hall–Kier alpha value is -3.47. The van der Waals surface area contributed by atoms with Crippen molar-refractivity contribution in [2.75, 3.05) is 17.1 Å². The molecule has 0 fully saturated rings. The van der Waals surface area contributed by atoms with Gasteiger partial charge in [-0.15, -0.1) is 0 Å². The summed E-state index contributed by atoms with van der Waals surface area (Å²) in [6.45, 7) is 3.54. The number of hydrogen-bond donors (Lipinski definition) is 2. The fourth-order valence-electron chi connectivity index (χ4n) is 3.17. The Balaban J connectivity index is 1.96. The zero-order chi connectivity index (χ0) is 23.6. The number of sulfonamides is 1. The van der Waals surface area contributed by atoms with Gasteiger partial charge in [0.1, 0.15) is 16.3 Å². The minimum atomic E-state index is -4.10. The van der Waals surface area contributed by atoms with Crippen molar-refractivity contribution in [1.29, 1.82) is 0 Å². The first kappa shape index (κ1) is 23.2. The average Bonchev–Trinajstić information content (AvgIpc) is 3.13. The third-order valence-corrected chi connectivity index (χ3v) is 6.11. The van der Waals surface area contributed by atoms with Gasteiger partial charge >= 0.3 is 0 Å². The molecule has 170 valence electrons. The van der Waals surface area contributed by atoms with Crippen molar-refractivity contribution < 1.29 is 26.7 Å². The monoisotopic (exact) mass is 464 g/mol. The topological polar surface area (TPSA) is 102 Å². The number of aromatic nitrogens is 2. The highest BCUT2D eigenvalue weighted by atomic mass is 32.2. The van der Waals surface area contributed by atoms with Gasteiger partial charge in [-0.1, -0.05) is 18.2 Å². The van der Waals surface area contributed by atoms with Crippen molar-refractivity contribution in [2.45, 2.75) is 25.2 Å². The molecule has 1 amide bonds. The molecule has 0 saturated heterocycles. The third-order valence-electron chi connectivity index (χ3n) is 4.74. The number of halogens is 2. The summed E-state index contributed by atoms with van der Waals surface area (Å²) in [6, 6.07) is 9.33. The number of amides is 1. The van der Waals surface area contributed by atoms with Gasteiger partial charge in [-0.05, 0) is 43.2 Å². The van der Waals surface area contributed by atoms with Crippen LogP contribution in [0.2, 0.25) is 0 Å². The molecule has 0 bridgehead atoms. The average molecular weight is 464 g/mol. The summed E-state index contributed by atoms with van der Waals surface area (Å²) in [5.41, 5.74) is 1.00. The van der Waals surface area contributed by atoms with Crippen LogP contribution < -0.4 is 14.8 Å². The van der Waals surface area contributed by atoms with Crippen molar-refractivity contribution in [3.05, 3.63) is 65.0 Å². The van der Waals surface area contributed by atoms with E-state index in [9.17, 15) is 22.0 Å². The number of benzene rings is 2. The predicted octanol–water partition coefficient (Wildman–Crippen LogP) is 4.04. The number of hydrogen-bond acceptors (Lipinski definition) is 5.